The number of amides is 2. The fourth-order valence-electron chi connectivity index (χ4n) is 4.62. The van der Waals surface area contributed by atoms with E-state index in [2.05, 4.69) is 5.32 Å². The van der Waals surface area contributed by atoms with E-state index in [1.54, 1.807) is 0 Å². The largest absolute Gasteiger partial charge is 0.341 e. The highest BCUT2D eigenvalue weighted by atomic mass is 35.5. The lowest BCUT2D eigenvalue weighted by Crippen LogP contribution is -2.53. The molecule has 4 rings (SSSR count). The van der Waals surface area contributed by atoms with Crippen LogP contribution in [0.1, 0.15) is 41.8 Å². The van der Waals surface area contributed by atoms with Crippen LogP contribution in [0.5, 0.6) is 0 Å². The van der Waals surface area contributed by atoms with Crippen LogP contribution in [-0.2, 0) is 4.79 Å². The maximum Gasteiger partial charge on any atom is 0.264 e. The minimum Gasteiger partial charge on any atom is -0.341 e. The molecule has 5 nitrogen and oxygen atoms in total. The Bertz CT molecular complexity index is 610. The maximum atomic E-state index is 13.2. The van der Waals surface area contributed by atoms with Crippen LogP contribution in [0.3, 0.4) is 0 Å². The van der Waals surface area contributed by atoms with Crippen molar-refractivity contribution >= 4 is 35.6 Å². The third-order valence-electron chi connectivity index (χ3n) is 6.11. The number of carbonyl (C=O) groups excluding carboxylic acids is 2. The van der Waals surface area contributed by atoms with Crippen LogP contribution in [0, 0.1) is 11.8 Å². The van der Waals surface area contributed by atoms with E-state index >= 15 is 0 Å². The van der Waals surface area contributed by atoms with Gasteiger partial charge in [-0.25, -0.2) is 0 Å². The van der Waals surface area contributed by atoms with Crippen molar-refractivity contribution in [3.05, 3.63) is 22.4 Å². The number of fused-ring (bicyclic) bond motifs is 1. The van der Waals surface area contributed by atoms with E-state index in [0.29, 0.717) is 18.4 Å². The Morgan fingerprint density at radius 1 is 1.04 bits per heavy atom. The molecular weight excluding hydrogens is 370 g/mol. The monoisotopic (exact) mass is 397 g/mol. The lowest BCUT2D eigenvalue weighted by molar-refractivity contribution is -0.137. The van der Waals surface area contributed by atoms with E-state index in [0.717, 1.165) is 63.2 Å². The number of rotatable bonds is 2. The number of nitrogens with one attached hydrogen (secondary N) is 1. The van der Waals surface area contributed by atoms with E-state index in [9.17, 15) is 9.59 Å². The molecule has 0 bridgehead atoms. The molecule has 3 aliphatic rings. The van der Waals surface area contributed by atoms with Gasteiger partial charge in [-0.05, 0) is 68.5 Å². The van der Waals surface area contributed by atoms with Crippen LogP contribution >= 0.6 is 23.7 Å². The van der Waals surface area contributed by atoms with Gasteiger partial charge >= 0.3 is 0 Å². The van der Waals surface area contributed by atoms with Gasteiger partial charge < -0.3 is 15.1 Å². The molecule has 7 heteroatoms. The number of hydrogen-bond donors (Lipinski definition) is 1. The van der Waals surface area contributed by atoms with Gasteiger partial charge in [0.2, 0.25) is 5.91 Å². The third kappa shape index (κ3) is 3.92. The second-order valence-corrected chi connectivity index (χ2v) is 8.52. The van der Waals surface area contributed by atoms with Crippen molar-refractivity contribution in [1.29, 1.82) is 0 Å². The Hall–Kier alpha value is -1.11. The molecule has 2 amide bonds. The number of nitrogens with zero attached hydrogens (tertiary/aromatic N) is 2. The first kappa shape index (κ1) is 19.6. The van der Waals surface area contributed by atoms with Gasteiger partial charge in [-0.3, -0.25) is 9.59 Å². The number of likely N-dealkylation sites (tertiary alicyclic amines) is 2. The summed E-state index contributed by atoms with van der Waals surface area (Å²) in [6.07, 6.45) is 5.02. The Balaban J connectivity index is 0.00000196. The highest BCUT2D eigenvalue weighted by Crippen LogP contribution is 2.29. The number of piperidine rings is 1. The van der Waals surface area contributed by atoms with Crippen LogP contribution in [0.25, 0.3) is 0 Å². The predicted molar refractivity (Wildman–Crippen MR) is 106 cm³/mol. The SMILES string of the molecule is Cl.O=C(C1CCCCN1C(=O)c1cccs1)N1CC[C@@H]2CNC[C@@H]2CC1. The predicted octanol–water partition coefficient (Wildman–Crippen LogP) is 2.62. The summed E-state index contributed by atoms with van der Waals surface area (Å²) in [6, 6.07) is 3.50. The van der Waals surface area contributed by atoms with Crippen molar-refractivity contribution in [3.63, 3.8) is 0 Å². The Labute approximate surface area is 165 Å². The zero-order valence-corrected chi connectivity index (χ0v) is 16.7. The summed E-state index contributed by atoms with van der Waals surface area (Å²) in [5.74, 6) is 1.64. The molecule has 1 unspecified atom stereocenters. The molecule has 0 radical (unpaired) electrons. The second kappa shape index (κ2) is 8.72. The van der Waals surface area contributed by atoms with E-state index in [1.165, 1.54) is 11.3 Å². The molecule has 1 aromatic rings. The first-order valence-corrected chi connectivity index (χ1v) is 10.5. The number of thiophene rings is 1. The van der Waals surface area contributed by atoms with Crippen molar-refractivity contribution in [2.45, 2.75) is 38.1 Å². The van der Waals surface area contributed by atoms with Crippen molar-refractivity contribution < 1.29 is 9.59 Å². The van der Waals surface area contributed by atoms with Gasteiger partial charge in [-0.15, -0.1) is 23.7 Å². The summed E-state index contributed by atoms with van der Waals surface area (Å²) in [4.78, 5) is 30.7. The van der Waals surface area contributed by atoms with Gasteiger partial charge in [0.1, 0.15) is 6.04 Å². The molecule has 3 fully saturated rings. The average Bonchev–Trinajstić information content (AvgIpc) is 3.30. The zero-order valence-electron chi connectivity index (χ0n) is 15.1. The topological polar surface area (TPSA) is 52.7 Å². The summed E-state index contributed by atoms with van der Waals surface area (Å²) in [5.41, 5.74) is 0. The molecule has 0 aliphatic carbocycles. The first-order chi connectivity index (χ1) is 12.2. The average molecular weight is 398 g/mol. The van der Waals surface area contributed by atoms with Crippen molar-refractivity contribution in [1.82, 2.24) is 15.1 Å². The minimum absolute atomic E-state index is 0. The highest BCUT2D eigenvalue weighted by molar-refractivity contribution is 7.12. The normalized spacial score (nSPS) is 28.8. The Morgan fingerprint density at radius 2 is 1.77 bits per heavy atom. The lowest BCUT2D eigenvalue weighted by atomic mass is 9.92. The van der Waals surface area contributed by atoms with Gasteiger partial charge in [-0.1, -0.05) is 6.07 Å². The summed E-state index contributed by atoms with van der Waals surface area (Å²) in [6.45, 7) is 4.59. The van der Waals surface area contributed by atoms with Gasteiger partial charge in [0.05, 0.1) is 4.88 Å². The summed E-state index contributed by atoms with van der Waals surface area (Å²) in [7, 11) is 0. The molecule has 3 saturated heterocycles. The van der Waals surface area contributed by atoms with E-state index in [-0.39, 0.29) is 30.3 Å². The molecule has 3 atom stereocenters. The van der Waals surface area contributed by atoms with Crippen LogP contribution in [0.4, 0.5) is 0 Å². The second-order valence-electron chi connectivity index (χ2n) is 7.57. The van der Waals surface area contributed by atoms with Gasteiger partial charge in [0.25, 0.3) is 5.91 Å². The highest BCUT2D eigenvalue weighted by Gasteiger charge is 2.38. The molecule has 3 aliphatic heterocycles. The van der Waals surface area contributed by atoms with Crippen molar-refractivity contribution in [3.8, 4) is 0 Å². The molecule has 0 saturated carbocycles. The van der Waals surface area contributed by atoms with Crippen LogP contribution in [0.15, 0.2) is 17.5 Å². The Kier molecular flexibility index (Phi) is 6.59. The van der Waals surface area contributed by atoms with E-state index in [1.807, 2.05) is 27.3 Å². The molecule has 144 valence electrons. The van der Waals surface area contributed by atoms with Crippen LogP contribution in [0.2, 0.25) is 0 Å². The molecular formula is C19H28ClN3O2S. The van der Waals surface area contributed by atoms with Gasteiger partial charge in [0, 0.05) is 19.6 Å². The van der Waals surface area contributed by atoms with E-state index in [4.69, 9.17) is 0 Å². The summed E-state index contributed by atoms with van der Waals surface area (Å²) >= 11 is 1.47. The number of halogens is 1. The zero-order chi connectivity index (χ0) is 17.2. The Morgan fingerprint density at radius 3 is 2.42 bits per heavy atom. The van der Waals surface area contributed by atoms with Crippen molar-refractivity contribution in [2.24, 2.45) is 11.8 Å². The number of hydrogen-bond acceptors (Lipinski definition) is 4. The molecule has 1 N–H and O–H groups in total. The fourth-order valence-corrected chi connectivity index (χ4v) is 5.30. The minimum atomic E-state index is -0.264. The summed E-state index contributed by atoms with van der Waals surface area (Å²) in [5, 5.41) is 5.41. The fraction of sp³-hybridized carbons (Fsp3) is 0.684. The third-order valence-corrected chi connectivity index (χ3v) is 6.97. The van der Waals surface area contributed by atoms with Crippen LogP contribution < -0.4 is 5.32 Å². The molecule has 0 aromatic carbocycles. The van der Waals surface area contributed by atoms with E-state index < -0.39 is 0 Å². The lowest BCUT2D eigenvalue weighted by Gasteiger charge is -2.37. The molecule has 0 spiro atoms. The van der Waals surface area contributed by atoms with Gasteiger partial charge in [-0.2, -0.15) is 0 Å². The van der Waals surface area contributed by atoms with Crippen molar-refractivity contribution in [2.75, 3.05) is 32.7 Å². The maximum absolute atomic E-state index is 13.2. The smallest absolute Gasteiger partial charge is 0.264 e. The standard InChI is InChI=1S/C19H27N3O2S.ClH/c23-18(21-9-6-14-12-20-13-15(14)7-10-21)16-4-1-2-8-22(16)19(24)17-5-3-11-25-17;/h3,5,11,14-16,20H,1-2,4,6-10,12-13H2;1H/t14-,15+,16?;. The quantitative estimate of drug-likeness (QED) is 0.834. The van der Waals surface area contributed by atoms with Gasteiger partial charge in [0.15, 0.2) is 0 Å². The molecule has 1 aromatic heterocycles. The van der Waals surface area contributed by atoms with Crippen LogP contribution in [-0.4, -0.2) is 60.4 Å². The first-order valence-electron chi connectivity index (χ1n) is 9.58. The number of carbonyl (C=O) groups is 2. The molecule has 26 heavy (non-hydrogen) atoms. The summed E-state index contributed by atoms with van der Waals surface area (Å²) < 4.78 is 0. The molecule has 4 heterocycles.